The molecule has 1 atom stereocenters. The van der Waals surface area contributed by atoms with Crippen LogP contribution in [0, 0.1) is 11.3 Å². The van der Waals surface area contributed by atoms with Crippen LogP contribution in [-0.4, -0.2) is 11.2 Å². The van der Waals surface area contributed by atoms with Crippen molar-refractivity contribution in [3.05, 3.63) is 94.8 Å². The number of aliphatic imine (C=N–C) groups is 1. The Morgan fingerprint density at radius 2 is 1.83 bits per heavy atom. The van der Waals surface area contributed by atoms with Crippen LogP contribution in [0.5, 0.6) is 0 Å². The van der Waals surface area contributed by atoms with Crippen molar-refractivity contribution in [3.8, 4) is 6.07 Å². The molecule has 0 amide bonds. The lowest BCUT2D eigenvalue weighted by Crippen LogP contribution is -1.98. The smallest absolute Gasteiger partial charge is 0.0977 e. The molecular weight excluding hydrogens is 318 g/mol. The zero-order chi connectivity index (χ0) is 16.8. The minimum atomic E-state index is -0.396. The molecule has 1 unspecified atom stereocenters. The van der Waals surface area contributed by atoms with Gasteiger partial charge in [-0.05, 0) is 35.4 Å². The number of rotatable bonds is 4. The third-order valence-electron chi connectivity index (χ3n) is 3.59. The van der Waals surface area contributed by atoms with Crippen molar-refractivity contribution in [1.82, 2.24) is 4.98 Å². The summed E-state index contributed by atoms with van der Waals surface area (Å²) < 4.78 is 0. The van der Waals surface area contributed by atoms with Crippen LogP contribution in [-0.2, 0) is 0 Å². The fourth-order valence-electron chi connectivity index (χ4n) is 2.39. The number of aromatic nitrogens is 1. The van der Waals surface area contributed by atoms with E-state index in [0.717, 1.165) is 22.5 Å². The highest BCUT2D eigenvalue weighted by Gasteiger charge is 2.16. The number of hydrogen-bond acceptors (Lipinski definition) is 3. The standard InChI is InChI=1S/C20H14ClN3/c21-20-12-16(24-14-17-8-4-5-11-23-17)9-10-18(20)19(13-22)15-6-2-1-3-7-15/h1-12,14,19H. The van der Waals surface area contributed by atoms with Crippen molar-refractivity contribution in [2.45, 2.75) is 5.92 Å². The Hall–Kier alpha value is -2.96. The van der Waals surface area contributed by atoms with Crippen LogP contribution in [0.25, 0.3) is 0 Å². The number of benzene rings is 2. The summed E-state index contributed by atoms with van der Waals surface area (Å²) in [7, 11) is 0. The Morgan fingerprint density at radius 1 is 1.04 bits per heavy atom. The van der Waals surface area contributed by atoms with Crippen molar-refractivity contribution in [3.63, 3.8) is 0 Å². The first kappa shape index (κ1) is 15.9. The van der Waals surface area contributed by atoms with Gasteiger partial charge < -0.3 is 0 Å². The third kappa shape index (κ3) is 3.68. The van der Waals surface area contributed by atoms with Gasteiger partial charge in [-0.1, -0.05) is 54.1 Å². The molecule has 0 N–H and O–H groups in total. The lowest BCUT2D eigenvalue weighted by atomic mass is 9.92. The molecule has 0 aliphatic rings. The van der Waals surface area contributed by atoms with E-state index < -0.39 is 5.92 Å². The minimum absolute atomic E-state index is 0.396. The van der Waals surface area contributed by atoms with Gasteiger partial charge in [0.25, 0.3) is 0 Å². The summed E-state index contributed by atoms with van der Waals surface area (Å²) in [6.45, 7) is 0. The van der Waals surface area contributed by atoms with Crippen LogP contribution in [0.2, 0.25) is 5.02 Å². The molecule has 3 rings (SSSR count). The largest absolute Gasteiger partial charge is 0.255 e. The Balaban J connectivity index is 1.87. The number of nitriles is 1. The average Bonchev–Trinajstić information content (AvgIpc) is 2.64. The minimum Gasteiger partial charge on any atom is -0.255 e. The highest BCUT2D eigenvalue weighted by molar-refractivity contribution is 6.31. The third-order valence-corrected chi connectivity index (χ3v) is 3.92. The molecule has 0 bridgehead atoms. The average molecular weight is 332 g/mol. The van der Waals surface area contributed by atoms with Gasteiger partial charge in [0.05, 0.1) is 29.6 Å². The van der Waals surface area contributed by atoms with Crippen LogP contribution in [0.4, 0.5) is 5.69 Å². The summed E-state index contributed by atoms with van der Waals surface area (Å²) in [5, 5.41) is 10.1. The second-order valence-electron chi connectivity index (χ2n) is 5.19. The zero-order valence-electron chi connectivity index (χ0n) is 12.8. The van der Waals surface area contributed by atoms with Gasteiger partial charge >= 0.3 is 0 Å². The Kier molecular flexibility index (Phi) is 5.00. The van der Waals surface area contributed by atoms with Crippen molar-refractivity contribution >= 4 is 23.5 Å². The van der Waals surface area contributed by atoms with Crippen LogP contribution in [0.3, 0.4) is 0 Å². The molecule has 116 valence electrons. The van der Waals surface area contributed by atoms with Crippen LogP contribution >= 0.6 is 11.6 Å². The van der Waals surface area contributed by atoms with Gasteiger partial charge in [0.1, 0.15) is 0 Å². The highest BCUT2D eigenvalue weighted by atomic mass is 35.5. The van der Waals surface area contributed by atoms with Crippen molar-refractivity contribution in [2.24, 2.45) is 4.99 Å². The Labute approximate surface area is 145 Å². The van der Waals surface area contributed by atoms with E-state index in [0.29, 0.717) is 5.02 Å². The molecule has 2 aromatic carbocycles. The van der Waals surface area contributed by atoms with Crippen LogP contribution < -0.4 is 0 Å². The van der Waals surface area contributed by atoms with Crippen molar-refractivity contribution < 1.29 is 0 Å². The molecule has 0 saturated carbocycles. The van der Waals surface area contributed by atoms with Crippen molar-refractivity contribution in [2.75, 3.05) is 0 Å². The maximum Gasteiger partial charge on any atom is 0.0977 e. The lowest BCUT2D eigenvalue weighted by Gasteiger charge is -2.12. The number of halogens is 1. The van der Waals surface area contributed by atoms with Gasteiger partial charge in [-0.3, -0.25) is 9.98 Å². The molecule has 3 nitrogen and oxygen atoms in total. The number of pyridine rings is 1. The first-order chi connectivity index (χ1) is 11.8. The zero-order valence-corrected chi connectivity index (χ0v) is 13.6. The summed E-state index contributed by atoms with van der Waals surface area (Å²) in [5.41, 5.74) is 3.20. The van der Waals surface area contributed by atoms with Gasteiger partial charge in [-0.25, -0.2) is 0 Å². The molecule has 0 radical (unpaired) electrons. The van der Waals surface area contributed by atoms with Crippen LogP contribution in [0.15, 0.2) is 77.9 Å². The SMILES string of the molecule is N#CC(c1ccccc1)c1ccc(N=Cc2ccccn2)cc1Cl. The summed E-state index contributed by atoms with van der Waals surface area (Å²) in [5.74, 6) is -0.396. The molecule has 3 aromatic rings. The summed E-state index contributed by atoms with van der Waals surface area (Å²) >= 11 is 6.39. The van der Waals surface area contributed by atoms with E-state index >= 15 is 0 Å². The maximum absolute atomic E-state index is 9.53. The van der Waals surface area contributed by atoms with Gasteiger partial charge in [-0.15, -0.1) is 0 Å². The predicted octanol–water partition coefficient (Wildman–Crippen LogP) is 5.14. The number of hydrogen-bond donors (Lipinski definition) is 0. The quantitative estimate of drug-likeness (QED) is 0.621. The fraction of sp³-hybridized carbons (Fsp3) is 0.0500. The Morgan fingerprint density at radius 3 is 2.50 bits per heavy atom. The van der Waals surface area contributed by atoms with Crippen molar-refractivity contribution in [1.29, 1.82) is 5.26 Å². The van der Waals surface area contributed by atoms with E-state index in [9.17, 15) is 5.26 Å². The van der Waals surface area contributed by atoms with Crippen LogP contribution in [0.1, 0.15) is 22.7 Å². The fourth-order valence-corrected chi connectivity index (χ4v) is 2.68. The van der Waals surface area contributed by atoms with Gasteiger partial charge in [0.2, 0.25) is 0 Å². The highest BCUT2D eigenvalue weighted by Crippen LogP contribution is 2.32. The van der Waals surface area contributed by atoms with E-state index in [1.165, 1.54) is 0 Å². The maximum atomic E-state index is 9.53. The van der Waals surface area contributed by atoms with E-state index in [4.69, 9.17) is 11.6 Å². The second-order valence-corrected chi connectivity index (χ2v) is 5.60. The van der Waals surface area contributed by atoms with E-state index in [1.54, 1.807) is 18.5 Å². The molecule has 0 aliphatic heterocycles. The molecule has 0 fully saturated rings. The van der Waals surface area contributed by atoms with E-state index in [2.05, 4.69) is 16.0 Å². The first-order valence-corrected chi connectivity index (χ1v) is 7.85. The summed E-state index contributed by atoms with van der Waals surface area (Å²) in [4.78, 5) is 8.57. The van der Waals surface area contributed by atoms with E-state index in [-0.39, 0.29) is 0 Å². The molecule has 0 spiro atoms. The molecule has 1 aromatic heterocycles. The van der Waals surface area contributed by atoms with Gasteiger partial charge in [0.15, 0.2) is 0 Å². The summed E-state index contributed by atoms with van der Waals surface area (Å²) in [6, 6.07) is 23.0. The number of nitrogens with zero attached hydrogens (tertiary/aromatic N) is 3. The molecular formula is C20H14ClN3. The molecule has 4 heteroatoms. The summed E-state index contributed by atoms with van der Waals surface area (Å²) in [6.07, 6.45) is 3.40. The van der Waals surface area contributed by atoms with Gasteiger partial charge in [0, 0.05) is 11.2 Å². The molecule has 24 heavy (non-hydrogen) atoms. The van der Waals surface area contributed by atoms with E-state index in [1.807, 2.05) is 60.7 Å². The first-order valence-electron chi connectivity index (χ1n) is 7.47. The topological polar surface area (TPSA) is 49.0 Å². The molecule has 1 heterocycles. The predicted molar refractivity (Wildman–Crippen MR) is 96.8 cm³/mol. The van der Waals surface area contributed by atoms with Gasteiger partial charge in [-0.2, -0.15) is 5.26 Å². The normalized spacial score (nSPS) is 12.0. The second kappa shape index (κ2) is 7.54. The monoisotopic (exact) mass is 331 g/mol. The lowest BCUT2D eigenvalue weighted by molar-refractivity contribution is 1.04. The molecule has 0 aliphatic carbocycles. The molecule has 0 saturated heterocycles. The Bertz CT molecular complexity index is 884.